The molecule has 11 rings (SSSR count). The predicted molar refractivity (Wildman–Crippen MR) is 227 cm³/mol. The van der Waals surface area contributed by atoms with E-state index in [9.17, 15) is 0 Å². The van der Waals surface area contributed by atoms with Gasteiger partial charge in [-0.15, -0.1) is 35.9 Å². The van der Waals surface area contributed by atoms with E-state index in [1.807, 2.05) is 48.5 Å². The molecular formula is C51H34IrN3-. The standard InChI is InChI=1S/C36H24N2.C15H10N.Ir/c1-5-13-33-29(9-1)30-10-2-6-14-34(30)37(33)27-21-17-25(18-22-27)26-19-23-28(24-20-26)38-35-15-7-3-11-31(35)32-12-4-8-16-36(32)38;1-2-6-12(7-3-1)15-11-10-13-8-4-5-9-14(13)16-15;/h1-24H;1-6,8-11H;/q;-1;. The quantitative estimate of drug-likeness (QED) is 0.162. The number of hydrogen-bond acceptors (Lipinski definition) is 1. The van der Waals surface area contributed by atoms with Gasteiger partial charge in [0.05, 0.1) is 27.6 Å². The average molecular weight is 881 g/mol. The second-order valence-electron chi connectivity index (χ2n) is 13.5. The van der Waals surface area contributed by atoms with Crippen molar-refractivity contribution < 1.29 is 20.1 Å². The van der Waals surface area contributed by atoms with Gasteiger partial charge in [-0.25, -0.2) is 0 Å². The van der Waals surface area contributed by atoms with Gasteiger partial charge in [-0.05, 0) is 76.8 Å². The van der Waals surface area contributed by atoms with Crippen molar-refractivity contribution in [3.05, 3.63) is 212 Å². The summed E-state index contributed by atoms with van der Waals surface area (Å²) in [6.45, 7) is 0. The molecule has 0 atom stereocenters. The van der Waals surface area contributed by atoms with Crippen molar-refractivity contribution in [3.63, 3.8) is 0 Å². The van der Waals surface area contributed by atoms with E-state index in [-0.39, 0.29) is 20.1 Å². The maximum absolute atomic E-state index is 4.61. The Labute approximate surface area is 333 Å². The topological polar surface area (TPSA) is 22.8 Å². The van der Waals surface area contributed by atoms with E-state index in [2.05, 4.69) is 178 Å². The van der Waals surface area contributed by atoms with Crippen molar-refractivity contribution in [1.82, 2.24) is 14.1 Å². The number of rotatable bonds is 4. The van der Waals surface area contributed by atoms with Crippen molar-refractivity contribution in [1.29, 1.82) is 0 Å². The van der Waals surface area contributed by atoms with Crippen molar-refractivity contribution in [2.45, 2.75) is 0 Å². The fraction of sp³-hybridized carbons (Fsp3) is 0. The molecule has 263 valence electrons. The SMILES string of the molecule is [Ir].[c-]1ccccc1-c1ccc2ccccc2n1.c1ccc2c(c1)c1ccccc1n2-c1ccc(-c2ccc(-n3c4ccccc4c4ccccc43)cc2)cc1. The van der Waals surface area contributed by atoms with Crippen molar-refractivity contribution in [2.75, 3.05) is 0 Å². The van der Waals surface area contributed by atoms with Crippen molar-refractivity contribution in [3.8, 4) is 33.8 Å². The molecule has 0 aliphatic rings. The molecule has 1 radical (unpaired) electrons. The largest absolute Gasteiger partial charge is 0.309 e. The zero-order valence-corrected chi connectivity index (χ0v) is 32.2. The predicted octanol–water partition coefficient (Wildman–Crippen LogP) is 13.2. The summed E-state index contributed by atoms with van der Waals surface area (Å²) < 4.78 is 4.72. The second-order valence-corrected chi connectivity index (χ2v) is 13.5. The fourth-order valence-electron chi connectivity index (χ4n) is 7.78. The van der Waals surface area contributed by atoms with Gasteiger partial charge in [0.2, 0.25) is 0 Å². The maximum atomic E-state index is 4.61. The van der Waals surface area contributed by atoms with Crippen LogP contribution < -0.4 is 0 Å². The Bertz CT molecular complexity index is 2820. The number of pyridine rings is 1. The molecule has 0 bridgehead atoms. The molecule has 0 aliphatic heterocycles. The minimum Gasteiger partial charge on any atom is -0.309 e. The number of hydrogen-bond donors (Lipinski definition) is 0. The summed E-state index contributed by atoms with van der Waals surface area (Å²) in [5, 5.41) is 6.31. The normalized spacial score (nSPS) is 11.1. The first-order valence-electron chi connectivity index (χ1n) is 18.3. The molecule has 11 aromatic rings. The smallest absolute Gasteiger partial charge is 0.0595 e. The molecule has 3 nitrogen and oxygen atoms in total. The number of benzene rings is 8. The third kappa shape index (κ3) is 6.22. The zero-order valence-electron chi connectivity index (χ0n) is 29.8. The first kappa shape index (κ1) is 34.2. The third-order valence-electron chi connectivity index (χ3n) is 10.3. The summed E-state index contributed by atoms with van der Waals surface area (Å²) >= 11 is 0. The summed E-state index contributed by atoms with van der Waals surface area (Å²) in [5.41, 5.74) is 12.7. The Kier molecular flexibility index (Phi) is 9.13. The number of aromatic nitrogens is 3. The van der Waals surface area contributed by atoms with E-state index in [0.29, 0.717) is 0 Å². The number of fused-ring (bicyclic) bond motifs is 7. The van der Waals surface area contributed by atoms with Gasteiger partial charge in [-0.1, -0.05) is 127 Å². The van der Waals surface area contributed by atoms with E-state index in [0.717, 1.165) is 16.8 Å². The Morgan fingerprint density at radius 2 is 0.782 bits per heavy atom. The van der Waals surface area contributed by atoms with Crippen LogP contribution in [0.15, 0.2) is 206 Å². The summed E-state index contributed by atoms with van der Waals surface area (Å²) in [4.78, 5) is 4.61. The molecule has 3 heterocycles. The molecular weight excluding hydrogens is 847 g/mol. The summed E-state index contributed by atoms with van der Waals surface area (Å²) in [6.07, 6.45) is 0. The van der Waals surface area contributed by atoms with Crippen LogP contribution in [-0.2, 0) is 20.1 Å². The molecule has 0 saturated carbocycles. The van der Waals surface area contributed by atoms with Gasteiger partial charge >= 0.3 is 0 Å². The fourth-order valence-corrected chi connectivity index (χ4v) is 7.78. The molecule has 3 aromatic heterocycles. The van der Waals surface area contributed by atoms with Crippen LogP contribution in [-0.4, -0.2) is 14.1 Å². The van der Waals surface area contributed by atoms with Gasteiger partial charge in [-0.2, -0.15) is 0 Å². The van der Waals surface area contributed by atoms with Crippen LogP contribution in [0.4, 0.5) is 0 Å². The first-order valence-corrected chi connectivity index (χ1v) is 18.3. The van der Waals surface area contributed by atoms with Gasteiger partial charge in [0, 0.05) is 53.0 Å². The van der Waals surface area contributed by atoms with Crippen LogP contribution in [0.2, 0.25) is 0 Å². The van der Waals surface area contributed by atoms with Crippen LogP contribution >= 0.6 is 0 Å². The Hall–Kier alpha value is -6.58. The third-order valence-corrected chi connectivity index (χ3v) is 10.3. The molecule has 0 unspecified atom stereocenters. The van der Waals surface area contributed by atoms with E-state index in [1.165, 1.54) is 71.5 Å². The average Bonchev–Trinajstić information content (AvgIpc) is 3.77. The minimum atomic E-state index is 0. The molecule has 4 heteroatoms. The number of nitrogens with zero attached hydrogens (tertiary/aromatic N) is 3. The Morgan fingerprint density at radius 1 is 0.364 bits per heavy atom. The van der Waals surface area contributed by atoms with E-state index >= 15 is 0 Å². The molecule has 0 amide bonds. The van der Waals surface area contributed by atoms with Crippen LogP contribution in [0, 0.1) is 6.07 Å². The van der Waals surface area contributed by atoms with Gasteiger partial charge in [0.25, 0.3) is 0 Å². The summed E-state index contributed by atoms with van der Waals surface area (Å²) in [7, 11) is 0. The van der Waals surface area contributed by atoms with Crippen molar-refractivity contribution >= 4 is 54.5 Å². The van der Waals surface area contributed by atoms with Gasteiger partial charge in [0.1, 0.15) is 0 Å². The van der Waals surface area contributed by atoms with Crippen LogP contribution in [0.1, 0.15) is 0 Å². The Balaban J connectivity index is 0.000000196. The summed E-state index contributed by atoms with van der Waals surface area (Å²) in [6, 6.07) is 75.8. The van der Waals surface area contributed by atoms with Gasteiger partial charge in [-0.3, -0.25) is 4.98 Å². The van der Waals surface area contributed by atoms with Crippen LogP contribution in [0.25, 0.3) is 88.3 Å². The molecule has 0 spiro atoms. The van der Waals surface area contributed by atoms with E-state index in [1.54, 1.807) is 0 Å². The Morgan fingerprint density at radius 3 is 1.24 bits per heavy atom. The summed E-state index contributed by atoms with van der Waals surface area (Å²) in [5.74, 6) is 0. The molecule has 8 aromatic carbocycles. The monoisotopic (exact) mass is 881 g/mol. The zero-order chi connectivity index (χ0) is 35.8. The molecule has 0 saturated heterocycles. The maximum Gasteiger partial charge on any atom is 0.0595 e. The molecule has 0 fully saturated rings. The first-order chi connectivity index (χ1) is 26.8. The van der Waals surface area contributed by atoms with E-state index in [4.69, 9.17) is 0 Å². The van der Waals surface area contributed by atoms with E-state index < -0.39 is 0 Å². The molecule has 0 N–H and O–H groups in total. The van der Waals surface area contributed by atoms with Crippen LogP contribution in [0.3, 0.4) is 0 Å². The van der Waals surface area contributed by atoms with Crippen LogP contribution in [0.5, 0.6) is 0 Å². The molecule has 55 heavy (non-hydrogen) atoms. The van der Waals surface area contributed by atoms with Crippen molar-refractivity contribution in [2.24, 2.45) is 0 Å². The van der Waals surface area contributed by atoms with Gasteiger partial charge in [0.15, 0.2) is 0 Å². The number of para-hydroxylation sites is 5. The van der Waals surface area contributed by atoms with Gasteiger partial charge < -0.3 is 9.13 Å². The molecule has 0 aliphatic carbocycles. The second kappa shape index (κ2) is 14.7. The minimum absolute atomic E-state index is 0.